The minimum Gasteiger partial charge on any atom is -0.496 e. The van der Waals surface area contributed by atoms with Gasteiger partial charge >= 0.3 is 5.97 Å². The summed E-state index contributed by atoms with van der Waals surface area (Å²) in [5.41, 5.74) is 1.44. The van der Waals surface area contributed by atoms with Crippen molar-refractivity contribution in [2.24, 2.45) is 0 Å². The maximum atomic E-state index is 11.8. The molecular formula is C13H17ClO3. The number of hydrogen-bond acceptors (Lipinski definition) is 3. The normalized spacial score (nSPS) is 10.1. The molecule has 3 nitrogen and oxygen atoms in total. The maximum Gasteiger partial charge on any atom is 0.338 e. The van der Waals surface area contributed by atoms with Crippen molar-refractivity contribution in [1.82, 2.24) is 0 Å². The van der Waals surface area contributed by atoms with Crippen LogP contribution in [0.15, 0.2) is 18.2 Å². The molecule has 0 aliphatic heterocycles. The molecule has 0 saturated carbocycles. The third-order valence-corrected chi connectivity index (χ3v) is 2.68. The summed E-state index contributed by atoms with van der Waals surface area (Å²) in [6.45, 7) is 2.15. The average Bonchev–Trinajstić information content (AvgIpc) is 2.36. The van der Waals surface area contributed by atoms with E-state index in [2.05, 4.69) is 0 Å². The lowest BCUT2D eigenvalue weighted by atomic mass is 10.0. The highest BCUT2D eigenvalue weighted by atomic mass is 35.5. The Morgan fingerprint density at radius 2 is 2.18 bits per heavy atom. The fourth-order valence-electron chi connectivity index (χ4n) is 1.66. The third kappa shape index (κ3) is 3.63. The highest BCUT2D eigenvalue weighted by Gasteiger charge is 2.15. The first-order valence-corrected chi connectivity index (χ1v) is 6.17. The Morgan fingerprint density at radius 1 is 1.41 bits per heavy atom. The number of rotatable bonds is 6. The van der Waals surface area contributed by atoms with Crippen LogP contribution in [0, 0.1) is 0 Å². The van der Waals surface area contributed by atoms with Gasteiger partial charge < -0.3 is 9.47 Å². The lowest BCUT2D eigenvalue weighted by molar-refractivity contribution is 0.0524. The van der Waals surface area contributed by atoms with Gasteiger partial charge in [0.05, 0.1) is 19.3 Å². The van der Waals surface area contributed by atoms with E-state index in [9.17, 15) is 4.79 Å². The second-order valence-corrected chi connectivity index (χ2v) is 3.88. The van der Waals surface area contributed by atoms with E-state index in [1.807, 2.05) is 6.07 Å². The van der Waals surface area contributed by atoms with Crippen molar-refractivity contribution in [3.8, 4) is 5.75 Å². The first-order valence-electron chi connectivity index (χ1n) is 5.63. The van der Waals surface area contributed by atoms with E-state index in [0.717, 1.165) is 12.0 Å². The third-order valence-electron chi connectivity index (χ3n) is 2.41. The molecular weight excluding hydrogens is 240 g/mol. The molecule has 0 atom stereocenters. The summed E-state index contributed by atoms with van der Waals surface area (Å²) in [7, 11) is 1.59. The second-order valence-electron chi connectivity index (χ2n) is 3.50. The minimum atomic E-state index is -0.309. The molecule has 0 bridgehead atoms. The van der Waals surface area contributed by atoms with E-state index < -0.39 is 0 Å². The van der Waals surface area contributed by atoms with Crippen LogP contribution < -0.4 is 4.74 Å². The fraction of sp³-hybridized carbons (Fsp3) is 0.462. The molecule has 0 N–H and O–H groups in total. The Labute approximate surface area is 107 Å². The quantitative estimate of drug-likeness (QED) is 0.580. The van der Waals surface area contributed by atoms with Crippen LogP contribution in [0.2, 0.25) is 0 Å². The first kappa shape index (κ1) is 13.8. The van der Waals surface area contributed by atoms with E-state index >= 15 is 0 Å². The van der Waals surface area contributed by atoms with E-state index in [-0.39, 0.29) is 5.97 Å². The van der Waals surface area contributed by atoms with Crippen molar-refractivity contribution >= 4 is 17.6 Å². The van der Waals surface area contributed by atoms with Crippen molar-refractivity contribution < 1.29 is 14.3 Å². The van der Waals surface area contributed by atoms with Gasteiger partial charge in [0.25, 0.3) is 0 Å². The predicted molar refractivity (Wildman–Crippen MR) is 68.0 cm³/mol. The molecule has 0 amide bonds. The number of halogens is 1. The number of carbonyl (C=O) groups is 1. The Hall–Kier alpha value is -1.22. The molecule has 0 aliphatic rings. The van der Waals surface area contributed by atoms with Crippen LogP contribution in [-0.4, -0.2) is 25.6 Å². The Morgan fingerprint density at radius 3 is 2.76 bits per heavy atom. The Balaban J connectivity index is 3.05. The van der Waals surface area contributed by atoms with Gasteiger partial charge in [0.15, 0.2) is 0 Å². The minimum absolute atomic E-state index is 0.309. The molecule has 0 aromatic heterocycles. The SMILES string of the molecule is CCOC(=O)c1cccc(OC)c1CCCCl. The first-order chi connectivity index (χ1) is 8.24. The van der Waals surface area contributed by atoms with E-state index in [4.69, 9.17) is 21.1 Å². The lowest BCUT2D eigenvalue weighted by Gasteiger charge is -2.12. The predicted octanol–water partition coefficient (Wildman–Crippen LogP) is 3.04. The number of alkyl halides is 1. The van der Waals surface area contributed by atoms with Crippen molar-refractivity contribution in [1.29, 1.82) is 0 Å². The van der Waals surface area contributed by atoms with Crippen LogP contribution >= 0.6 is 11.6 Å². The molecule has 0 saturated heterocycles. The van der Waals surface area contributed by atoms with Crippen LogP contribution in [0.25, 0.3) is 0 Å². The Bertz CT molecular complexity index is 377. The van der Waals surface area contributed by atoms with Gasteiger partial charge in [-0.2, -0.15) is 0 Å². The van der Waals surface area contributed by atoms with Gasteiger partial charge in [0, 0.05) is 11.4 Å². The smallest absolute Gasteiger partial charge is 0.338 e. The largest absolute Gasteiger partial charge is 0.496 e. The summed E-state index contributed by atoms with van der Waals surface area (Å²) < 4.78 is 10.3. The van der Waals surface area contributed by atoms with Crippen LogP contribution in [0.5, 0.6) is 5.75 Å². The van der Waals surface area contributed by atoms with Gasteiger partial charge in [-0.3, -0.25) is 0 Å². The van der Waals surface area contributed by atoms with Gasteiger partial charge in [-0.05, 0) is 31.9 Å². The standard InChI is InChI=1S/C13H17ClO3/c1-3-17-13(15)11-6-4-8-12(16-2)10(11)7-5-9-14/h4,6,8H,3,5,7,9H2,1-2H3. The summed E-state index contributed by atoms with van der Waals surface area (Å²) >= 11 is 5.68. The number of carbonyl (C=O) groups excluding carboxylic acids is 1. The molecule has 17 heavy (non-hydrogen) atoms. The number of hydrogen-bond donors (Lipinski definition) is 0. The summed E-state index contributed by atoms with van der Waals surface area (Å²) in [6, 6.07) is 5.38. The number of esters is 1. The lowest BCUT2D eigenvalue weighted by Crippen LogP contribution is -2.09. The average molecular weight is 257 g/mol. The van der Waals surface area contributed by atoms with Gasteiger partial charge in [-0.25, -0.2) is 4.79 Å². The molecule has 1 aromatic rings. The van der Waals surface area contributed by atoms with Crippen LogP contribution in [0.4, 0.5) is 0 Å². The van der Waals surface area contributed by atoms with Gasteiger partial charge in [-0.1, -0.05) is 6.07 Å². The van der Waals surface area contributed by atoms with Crippen molar-refractivity contribution in [2.45, 2.75) is 19.8 Å². The Kier molecular flexibility index (Phi) is 5.84. The summed E-state index contributed by atoms with van der Waals surface area (Å²) in [6.07, 6.45) is 1.51. The van der Waals surface area contributed by atoms with Crippen LogP contribution in [0.1, 0.15) is 29.3 Å². The zero-order valence-corrected chi connectivity index (χ0v) is 10.9. The molecule has 1 aromatic carbocycles. The second kappa shape index (κ2) is 7.17. The van der Waals surface area contributed by atoms with Crippen molar-refractivity contribution in [3.05, 3.63) is 29.3 Å². The number of benzene rings is 1. The monoisotopic (exact) mass is 256 g/mol. The summed E-state index contributed by atoms with van der Waals surface area (Å²) in [5.74, 6) is 0.956. The number of ether oxygens (including phenoxy) is 2. The highest BCUT2D eigenvalue weighted by molar-refractivity contribution is 6.17. The van der Waals surface area contributed by atoms with Gasteiger partial charge in [0.2, 0.25) is 0 Å². The van der Waals surface area contributed by atoms with Gasteiger partial charge in [-0.15, -0.1) is 11.6 Å². The zero-order valence-electron chi connectivity index (χ0n) is 10.2. The molecule has 0 unspecified atom stereocenters. The molecule has 0 aliphatic carbocycles. The maximum absolute atomic E-state index is 11.8. The van der Waals surface area contributed by atoms with Crippen LogP contribution in [0.3, 0.4) is 0 Å². The topological polar surface area (TPSA) is 35.5 Å². The number of methoxy groups -OCH3 is 1. The molecule has 94 valence electrons. The van der Waals surface area contributed by atoms with E-state index in [0.29, 0.717) is 30.2 Å². The summed E-state index contributed by atoms with van der Waals surface area (Å²) in [4.78, 5) is 11.8. The zero-order chi connectivity index (χ0) is 12.7. The molecule has 0 spiro atoms. The molecule has 0 radical (unpaired) electrons. The molecule has 1 rings (SSSR count). The van der Waals surface area contributed by atoms with Gasteiger partial charge in [0.1, 0.15) is 5.75 Å². The molecule has 4 heteroatoms. The molecule has 0 fully saturated rings. The van der Waals surface area contributed by atoms with E-state index in [1.165, 1.54) is 0 Å². The fourth-order valence-corrected chi connectivity index (χ4v) is 1.79. The summed E-state index contributed by atoms with van der Waals surface area (Å²) in [5, 5.41) is 0. The van der Waals surface area contributed by atoms with E-state index in [1.54, 1.807) is 26.2 Å². The van der Waals surface area contributed by atoms with Crippen LogP contribution in [-0.2, 0) is 11.2 Å². The highest BCUT2D eigenvalue weighted by Crippen LogP contribution is 2.24. The van der Waals surface area contributed by atoms with Crippen molar-refractivity contribution in [2.75, 3.05) is 19.6 Å². The van der Waals surface area contributed by atoms with Crippen molar-refractivity contribution in [3.63, 3.8) is 0 Å². The molecule has 0 heterocycles.